The van der Waals surface area contributed by atoms with Gasteiger partial charge < -0.3 is 5.32 Å². The molecule has 0 spiro atoms. The number of aromatic nitrogens is 1. The Morgan fingerprint density at radius 1 is 0.848 bits per heavy atom. The number of hydrogen-bond donors (Lipinski definition) is 3. The van der Waals surface area contributed by atoms with Gasteiger partial charge in [0.05, 0.1) is 27.1 Å². The summed E-state index contributed by atoms with van der Waals surface area (Å²) in [7, 11) is -8.04. The third kappa shape index (κ3) is 11.4. The Bertz CT molecular complexity index is 1870. The first-order valence-electron chi connectivity index (χ1n) is 13.6. The molecule has 0 atom stereocenters. The summed E-state index contributed by atoms with van der Waals surface area (Å²) >= 11 is 1.15. The molecule has 4 aromatic rings. The SMILES string of the molecule is Cc1ccc(S(=O)(=O)O)cc1.Cc1ccc(S(=O)(=O)O)cc1.N#Cc1ccc(CSc2nc(C3=CCNCC3)ccc2F)c(F)c1. The Balaban J connectivity index is 0.000000217. The molecule has 0 amide bonds. The van der Waals surface area contributed by atoms with E-state index in [2.05, 4.69) is 16.4 Å². The monoisotopic (exact) mass is 687 g/mol. The standard InChI is InChI=1S/C18H15F2N3S.2C7H8O3S/c19-15-3-4-17(13-5-7-22-8-6-13)23-18(15)24-11-14-2-1-12(10-21)9-16(14)20;2*1-6-2-4-7(5-3-6)11(8,9)10/h1-5,9,22H,6-8,11H2;2*2-5H,1H3,(H,8,9,10). The van der Waals surface area contributed by atoms with Crippen LogP contribution in [0.4, 0.5) is 8.78 Å². The van der Waals surface area contributed by atoms with Crippen LogP contribution in [0.15, 0.2) is 99.8 Å². The number of benzene rings is 3. The second kappa shape index (κ2) is 16.5. The van der Waals surface area contributed by atoms with Gasteiger partial charge in [0.15, 0.2) is 5.82 Å². The van der Waals surface area contributed by atoms with Crippen LogP contribution in [0.25, 0.3) is 5.57 Å². The van der Waals surface area contributed by atoms with E-state index < -0.39 is 31.9 Å². The smallest absolute Gasteiger partial charge is 0.294 e. The molecule has 0 saturated heterocycles. The van der Waals surface area contributed by atoms with Crippen molar-refractivity contribution in [1.29, 1.82) is 5.26 Å². The third-order valence-corrected chi connectivity index (χ3v) is 9.14. The lowest BCUT2D eigenvalue weighted by Gasteiger charge is -2.14. The Hall–Kier alpha value is -3.97. The van der Waals surface area contributed by atoms with Crippen LogP contribution in [0, 0.1) is 36.8 Å². The third-order valence-electron chi connectivity index (χ3n) is 6.39. The van der Waals surface area contributed by atoms with E-state index in [1.807, 2.05) is 19.9 Å². The van der Waals surface area contributed by atoms with E-state index in [1.54, 1.807) is 42.5 Å². The number of nitriles is 1. The van der Waals surface area contributed by atoms with Gasteiger partial charge in [0.1, 0.15) is 10.8 Å². The maximum absolute atomic E-state index is 14.0. The molecular weight excluding hydrogens is 657 g/mol. The van der Waals surface area contributed by atoms with E-state index in [0.29, 0.717) is 5.56 Å². The van der Waals surface area contributed by atoms with Gasteiger partial charge in [-0.15, -0.1) is 0 Å². The van der Waals surface area contributed by atoms with Crippen molar-refractivity contribution in [3.8, 4) is 6.07 Å². The van der Waals surface area contributed by atoms with E-state index in [4.69, 9.17) is 14.4 Å². The second-order valence-corrected chi connectivity index (χ2v) is 13.8. The molecule has 0 aliphatic carbocycles. The van der Waals surface area contributed by atoms with Crippen LogP contribution in [0.2, 0.25) is 0 Å². The van der Waals surface area contributed by atoms with Crippen LogP contribution in [0.1, 0.15) is 34.4 Å². The van der Waals surface area contributed by atoms with Gasteiger partial charge in [-0.1, -0.05) is 59.3 Å². The predicted octanol–water partition coefficient (Wildman–Crippen LogP) is 6.38. The lowest BCUT2D eigenvalue weighted by Crippen LogP contribution is -2.20. The molecule has 3 aromatic carbocycles. The highest BCUT2D eigenvalue weighted by atomic mass is 32.2. The number of pyridine rings is 1. The number of rotatable bonds is 6. The van der Waals surface area contributed by atoms with Gasteiger partial charge in [-0.2, -0.15) is 22.1 Å². The fourth-order valence-electron chi connectivity index (χ4n) is 3.86. The van der Waals surface area contributed by atoms with E-state index in [-0.39, 0.29) is 26.1 Å². The van der Waals surface area contributed by atoms with E-state index in [0.717, 1.165) is 53.7 Å². The van der Waals surface area contributed by atoms with Gasteiger partial charge in [0, 0.05) is 12.3 Å². The van der Waals surface area contributed by atoms with Crippen molar-refractivity contribution >= 4 is 37.6 Å². The molecule has 1 aliphatic rings. The lowest BCUT2D eigenvalue weighted by atomic mass is 10.1. The van der Waals surface area contributed by atoms with Gasteiger partial charge in [-0.05, 0) is 86.5 Å². The molecule has 0 unspecified atom stereocenters. The summed E-state index contributed by atoms with van der Waals surface area (Å²) in [6.07, 6.45) is 2.91. The lowest BCUT2D eigenvalue weighted by molar-refractivity contribution is 0.481. The zero-order chi connectivity index (χ0) is 33.9. The minimum atomic E-state index is -4.02. The fraction of sp³-hybridized carbons (Fsp3) is 0.188. The summed E-state index contributed by atoms with van der Waals surface area (Å²) in [5.41, 5.74) is 4.47. The average molecular weight is 688 g/mol. The highest BCUT2D eigenvalue weighted by Crippen LogP contribution is 2.28. The summed E-state index contributed by atoms with van der Waals surface area (Å²) < 4.78 is 87.0. The first-order valence-corrected chi connectivity index (χ1v) is 17.5. The molecule has 0 bridgehead atoms. The van der Waals surface area contributed by atoms with E-state index >= 15 is 0 Å². The molecule has 2 heterocycles. The normalized spacial score (nSPS) is 12.8. The highest BCUT2D eigenvalue weighted by molar-refractivity contribution is 7.98. The van der Waals surface area contributed by atoms with Crippen LogP contribution in [0.3, 0.4) is 0 Å². The maximum atomic E-state index is 14.0. The Morgan fingerprint density at radius 3 is 1.87 bits per heavy atom. The van der Waals surface area contributed by atoms with Gasteiger partial charge >= 0.3 is 0 Å². The Morgan fingerprint density at radius 2 is 1.41 bits per heavy atom. The van der Waals surface area contributed by atoms with Crippen LogP contribution in [0.5, 0.6) is 0 Å². The topological polar surface area (TPSA) is 157 Å². The molecule has 0 fully saturated rings. The molecule has 46 heavy (non-hydrogen) atoms. The fourth-order valence-corrected chi connectivity index (χ4v) is 5.71. The van der Waals surface area contributed by atoms with Gasteiger partial charge in [-0.25, -0.2) is 13.8 Å². The van der Waals surface area contributed by atoms with Crippen molar-refractivity contribution < 1.29 is 34.7 Å². The van der Waals surface area contributed by atoms with Gasteiger partial charge in [0.2, 0.25) is 0 Å². The Labute approximate surface area is 271 Å². The molecule has 9 nitrogen and oxygen atoms in total. The largest absolute Gasteiger partial charge is 0.313 e. The average Bonchev–Trinajstić information content (AvgIpc) is 3.02. The first kappa shape index (κ1) is 36.5. The summed E-state index contributed by atoms with van der Waals surface area (Å²) in [4.78, 5) is 4.26. The van der Waals surface area contributed by atoms with Crippen LogP contribution in [-0.2, 0) is 26.0 Å². The van der Waals surface area contributed by atoms with Crippen LogP contribution >= 0.6 is 11.8 Å². The molecule has 3 N–H and O–H groups in total. The van der Waals surface area contributed by atoms with Crippen molar-refractivity contribution in [3.63, 3.8) is 0 Å². The molecule has 242 valence electrons. The minimum Gasteiger partial charge on any atom is -0.313 e. The molecule has 0 saturated carbocycles. The zero-order valence-electron chi connectivity index (χ0n) is 24.8. The number of aryl methyl sites for hydroxylation is 2. The van der Waals surface area contributed by atoms with Crippen molar-refractivity contribution in [3.05, 3.63) is 125 Å². The second-order valence-electron chi connectivity index (χ2n) is 9.95. The number of nitrogens with one attached hydrogen (secondary N) is 1. The Kier molecular flexibility index (Phi) is 13.1. The quantitative estimate of drug-likeness (QED) is 0.153. The van der Waals surface area contributed by atoms with E-state index in [1.165, 1.54) is 36.4 Å². The van der Waals surface area contributed by atoms with Gasteiger partial charge in [-0.3, -0.25) is 9.11 Å². The summed E-state index contributed by atoms with van der Waals surface area (Å²) in [5.74, 6) is -0.613. The van der Waals surface area contributed by atoms with Crippen molar-refractivity contribution in [2.24, 2.45) is 0 Å². The first-order chi connectivity index (χ1) is 21.7. The summed E-state index contributed by atoms with van der Waals surface area (Å²) in [6, 6.07) is 21.2. The molecule has 0 radical (unpaired) electrons. The molecule has 5 rings (SSSR count). The van der Waals surface area contributed by atoms with Crippen LogP contribution < -0.4 is 5.32 Å². The van der Waals surface area contributed by atoms with E-state index in [9.17, 15) is 25.6 Å². The number of hydrogen-bond acceptors (Lipinski definition) is 8. The predicted molar refractivity (Wildman–Crippen MR) is 172 cm³/mol. The maximum Gasteiger partial charge on any atom is 0.294 e. The van der Waals surface area contributed by atoms with Gasteiger partial charge in [0.25, 0.3) is 20.2 Å². The molecule has 1 aromatic heterocycles. The number of halogens is 2. The summed E-state index contributed by atoms with van der Waals surface area (Å²) in [5, 5.41) is 12.2. The molecule has 14 heteroatoms. The minimum absolute atomic E-state index is 0.0666. The number of nitrogens with zero attached hydrogens (tertiary/aromatic N) is 2. The van der Waals surface area contributed by atoms with Crippen molar-refractivity contribution in [2.75, 3.05) is 13.1 Å². The van der Waals surface area contributed by atoms with Crippen molar-refractivity contribution in [2.45, 2.75) is 40.8 Å². The molecule has 1 aliphatic heterocycles. The van der Waals surface area contributed by atoms with Crippen molar-refractivity contribution in [1.82, 2.24) is 10.3 Å². The zero-order valence-corrected chi connectivity index (χ0v) is 27.3. The molecular formula is C32H31F2N3O6S3. The number of thioether (sulfide) groups is 1. The highest BCUT2D eigenvalue weighted by Gasteiger charge is 2.13. The summed E-state index contributed by atoms with van der Waals surface area (Å²) in [6.45, 7) is 5.35. The van der Waals surface area contributed by atoms with Crippen LogP contribution in [-0.4, -0.2) is 44.0 Å².